The van der Waals surface area contributed by atoms with Gasteiger partial charge in [0.1, 0.15) is 5.83 Å². The summed E-state index contributed by atoms with van der Waals surface area (Å²) >= 11 is 0. The highest BCUT2D eigenvalue weighted by Crippen LogP contribution is 2.36. The van der Waals surface area contributed by atoms with E-state index in [1.807, 2.05) is 23.6 Å². The van der Waals surface area contributed by atoms with Crippen molar-refractivity contribution in [3.63, 3.8) is 0 Å². The van der Waals surface area contributed by atoms with Gasteiger partial charge in [0.05, 0.1) is 11.4 Å². The van der Waals surface area contributed by atoms with Gasteiger partial charge in [-0.05, 0) is 48.9 Å². The van der Waals surface area contributed by atoms with Crippen molar-refractivity contribution in [3.8, 4) is 11.1 Å². The predicted octanol–water partition coefficient (Wildman–Crippen LogP) is 3.07. The van der Waals surface area contributed by atoms with Crippen LogP contribution in [0.3, 0.4) is 0 Å². The summed E-state index contributed by atoms with van der Waals surface area (Å²) in [7, 11) is -0.607. The van der Waals surface area contributed by atoms with Gasteiger partial charge >= 0.3 is 0 Å². The Morgan fingerprint density at radius 3 is 2.54 bits per heavy atom. The number of aromatic nitrogens is 2. The lowest BCUT2D eigenvalue weighted by molar-refractivity contribution is 0.521. The number of halogens is 1. The third kappa shape index (κ3) is 3.58. The molecule has 3 rings (SSSR count). The average molecular weight is 402 g/mol. The van der Waals surface area contributed by atoms with Crippen LogP contribution < -0.4 is 5.73 Å². The molecule has 0 aliphatic carbocycles. The molecule has 3 aromatic rings. The van der Waals surface area contributed by atoms with Crippen LogP contribution in [0.2, 0.25) is 0 Å². The molecule has 1 aromatic carbocycles. The Morgan fingerprint density at radius 1 is 1.25 bits per heavy atom. The van der Waals surface area contributed by atoms with Gasteiger partial charge in [-0.15, -0.1) is 0 Å². The third-order valence-electron chi connectivity index (χ3n) is 4.69. The van der Waals surface area contributed by atoms with E-state index in [0.29, 0.717) is 0 Å². The Labute approximate surface area is 164 Å². The fraction of sp³-hybridized carbons (Fsp3) is 0.250. The molecule has 2 heterocycles. The summed E-state index contributed by atoms with van der Waals surface area (Å²) in [4.78, 5) is 4.24. The van der Waals surface area contributed by atoms with E-state index in [9.17, 15) is 12.8 Å². The molecule has 0 spiro atoms. The fourth-order valence-corrected chi connectivity index (χ4v) is 4.19. The SMILES string of the molecule is Cc1c(-c2ccncc2)c2cc(S(=O)(=O)N(C)C)ccc2n1C/C(F)=C/CN. The molecule has 2 N–H and O–H groups in total. The molecule has 6 nitrogen and oxygen atoms in total. The Morgan fingerprint density at radius 2 is 1.93 bits per heavy atom. The van der Waals surface area contributed by atoms with Crippen LogP contribution in [0.25, 0.3) is 22.0 Å². The average Bonchev–Trinajstić information content (AvgIpc) is 2.93. The summed E-state index contributed by atoms with van der Waals surface area (Å²) < 4.78 is 42.4. The first-order valence-corrected chi connectivity index (χ1v) is 10.2. The maximum absolute atomic E-state index is 14.2. The minimum atomic E-state index is -3.59. The minimum absolute atomic E-state index is 0.0321. The molecule has 0 saturated carbocycles. The largest absolute Gasteiger partial charge is 0.337 e. The number of hydrogen-bond acceptors (Lipinski definition) is 4. The predicted molar refractivity (Wildman–Crippen MR) is 109 cm³/mol. The first-order chi connectivity index (χ1) is 13.3. The number of allylic oxidation sites excluding steroid dienone is 1. The maximum Gasteiger partial charge on any atom is 0.242 e. The first-order valence-electron chi connectivity index (χ1n) is 8.77. The van der Waals surface area contributed by atoms with Gasteiger partial charge in [0.25, 0.3) is 0 Å². The first kappa shape index (κ1) is 20.2. The highest BCUT2D eigenvalue weighted by molar-refractivity contribution is 7.89. The molecule has 0 aliphatic heterocycles. The molecular formula is C20H23FN4O2S. The van der Waals surface area contributed by atoms with Crippen LogP contribution in [0.4, 0.5) is 4.39 Å². The second-order valence-corrected chi connectivity index (χ2v) is 8.79. The van der Waals surface area contributed by atoms with Crippen molar-refractivity contribution < 1.29 is 12.8 Å². The van der Waals surface area contributed by atoms with E-state index < -0.39 is 10.0 Å². The van der Waals surface area contributed by atoms with E-state index in [4.69, 9.17) is 5.73 Å². The van der Waals surface area contributed by atoms with Crippen molar-refractivity contribution in [1.29, 1.82) is 0 Å². The molecule has 0 saturated heterocycles. The number of nitrogens with two attached hydrogens (primary N) is 1. The standard InChI is InChI=1S/C20H23FN4O2S/c1-14-20(15-7-10-23-11-8-15)18-12-17(28(26,27)24(2)3)4-5-19(18)25(14)13-16(21)6-9-22/h4-8,10-12H,9,13,22H2,1-3H3/b16-6-. The summed E-state index contributed by atoms with van der Waals surface area (Å²) in [5, 5.41) is 0.743. The molecule has 0 bridgehead atoms. The van der Waals surface area contributed by atoms with Crippen LogP contribution in [-0.2, 0) is 16.6 Å². The van der Waals surface area contributed by atoms with Crippen molar-refractivity contribution in [2.24, 2.45) is 5.73 Å². The van der Waals surface area contributed by atoms with E-state index >= 15 is 0 Å². The second kappa shape index (κ2) is 7.83. The molecule has 2 aromatic heterocycles. The van der Waals surface area contributed by atoms with Crippen molar-refractivity contribution in [2.45, 2.75) is 18.4 Å². The zero-order valence-corrected chi connectivity index (χ0v) is 16.9. The lowest BCUT2D eigenvalue weighted by Crippen LogP contribution is -2.22. The molecule has 0 amide bonds. The zero-order chi connectivity index (χ0) is 20.5. The summed E-state index contributed by atoms with van der Waals surface area (Å²) in [6.07, 6.45) is 4.68. The molecule has 28 heavy (non-hydrogen) atoms. The fourth-order valence-electron chi connectivity index (χ4n) is 3.26. The van der Waals surface area contributed by atoms with Crippen molar-refractivity contribution in [3.05, 3.63) is 60.3 Å². The summed E-state index contributed by atoms with van der Waals surface area (Å²) in [5.74, 6) is -0.339. The lowest BCUT2D eigenvalue weighted by Gasteiger charge is -2.12. The molecule has 0 fully saturated rings. The van der Waals surface area contributed by atoms with Crippen LogP contribution in [0.15, 0.2) is 59.5 Å². The lowest BCUT2D eigenvalue weighted by atomic mass is 10.0. The van der Waals surface area contributed by atoms with Gasteiger partial charge in [0, 0.05) is 55.2 Å². The van der Waals surface area contributed by atoms with Crippen LogP contribution in [0.1, 0.15) is 5.69 Å². The smallest absolute Gasteiger partial charge is 0.242 e. The number of hydrogen-bond donors (Lipinski definition) is 1. The molecule has 0 aliphatic rings. The Bertz CT molecular complexity index is 1140. The molecule has 0 atom stereocenters. The molecule has 0 radical (unpaired) electrons. The Balaban J connectivity index is 2.32. The van der Waals surface area contributed by atoms with E-state index in [-0.39, 0.29) is 23.8 Å². The number of nitrogens with zero attached hydrogens (tertiary/aromatic N) is 3. The maximum atomic E-state index is 14.2. The summed E-state index contributed by atoms with van der Waals surface area (Å²) in [6, 6.07) is 8.62. The van der Waals surface area contributed by atoms with Crippen molar-refractivity contribution in [2.75, 3.05) is 20.6 Å². The monoisotopic (exact) mass is 402 g/mol. The molecule has 148 valence electrons. The van der Waals surface area contributed by atoms with E-state index in [2.05, 4.69) is 4.98 Å². The van der Waals surface area contributed by atoms with Crippen LogP contribution >= 0.6 is 0 Å². The molecular weight excluding hydrogens is 379 g/mol. The van der Waals surface area contributed by atoms with E-state index in [0.717, 1.165) is 27.7 Å². The van der Waals surface area contributed by atoms with Gasteiger partial charge in [0.2, 0.25) is 10.0 Å². The quantitative estimate of drug-likeness (QED) is 0.687. The van der Waals surface area contributed by atoms with Gasteiger partial charge in [-0.2, -0.15) is 0 Å². The van der Waals surface area contributed by atoms with Gasteiger partial charge in [-0.3, -0.25) is 4.98 Å². The van der Waals surface area contributed by atoms with Gasteiger partial charge in [0.15, 0.2) is 0 Å². The van der Waals surface area contributed by atoms with Crippen LogP contribution in [-0.4, -0.2) is 42.9 Å². The van der Waals surface area contributed by atoms with E-state index in [1.165, 1.54) is 24.5 Å². The number of sulfonamides is 1. The minimum Gasteiger partial charge on any atom is -0.337 e. The molecule has 0 unspecified atom stereocenters. The summed E-state index contributed by atoms with van der Waals surface area (Å²) in [5.41, 5.74) is 8.75. The normalized spacial score (nSPS) is 12.9. The number of benzene rings is 1. The molecule has 8 heteroatoms. The van der Waals surface area contributed by atoms with Gasteiger partial charge < -0.3 is 10.3 Å². The number of rotatable bonds is 6. The zero-order valence-electron chi connectivity index (χ0n) is 16.1. The number of fused-ring (bicyclic) bond motifs is 1. The van der Waals surface area contributed by atoms with Crippen LogP contribution in [0.5, 0.6) is 0 Å². The van der Waals surface area contributed by atoms with Crippen molar-refractivity contribution in [1.82, 2.24) is 13.9 Å². The van der Waals surface area contributed by atoms with Crippen molar-refractivity contribution >= 4 is 20.9 Å². The summed E-state index contributed by atoms with van der Waals surface area (Å²) in [6.45, 7) is 2.04. The van der Waals surface area contributed by atoms with Crippen LogP contribution in [0, 0.1) is 6.92 Å². The third-order valence-corrected chi connectivity index (χ3v) is 6.50. The highest BCUT2D eigenvalue weighted by Gasteiger charge is 2.22. The topological polar surface area (TPSA) is 81.2 Å². The second-order valence-electron chi connectivity index (χ2n) is 6.64. The Kier molecular flexibility index (Phi) is 5.64. The van der Waals surface area contributed by atoms with E-state index in [1.54, 1.807) is 30.6 Å². The van der Waals surface area contributed by atoms with Gasteiger partial charge in [-0.1, -0.05) is 0 Å². The Hall–Kier alpha value is -2.55. The highest BCUT2D eigenvalue weighted by atomic mass is 32.2. The van der Waals surface area contributed by atoms with Gasteiger partial charge in [-0.25, -0.2) is 17.1 Å². The number of pyridine rings is 1.